The molecule has 0 atom stereocenters. The Bertz CT molecular complexity index is 823. The summed E-state index contributed by atoms with van der Waals surface area (Å²) in [5.41, 5.74) is 1.84. The zero-order valence-corrected chi connectivity index (χ0v) is 15.0. The second kappa shape index (κ2) is 8.12. The molecule has 0 aliphatic carbocycles. The van der Waals surface area contributed by atoms with E-state index in [0.717, 1.165) is 15.7 Å². The molecule has 0 saturated heterocycles. The number of nitrogens with zero attached hydrogens (tertiary/aromatic N) is 2. The molecule has 1 heterocycles. The summed E-state index contributed by atoms with van der Waals surface area (Å²) in [6.45, 7) is 0. The van der Waals surface area contributed by atoms with E-state index in [4.69, 9.17) is 4.42 Å². The molecule has 0 unspecified atom stereocenters. The molecule has 0 bridgehead atoms. The van der Waals surface area contributed by atoms with E-state index in [0.29, 0.717) is 17.5 Å². The highest BCUT2D eigenvalue weighted by Crippen LogP contribution is 2.22. The van der Waals surface area contributed by atoms with Gasteiger partial charge < -0.3 is 9.73 Å². The van der Waals surface area contributed by atoms with Crippen molar-refractivity contribution >= 4 is 39.3 Å². The van der Waals surface area contributed by atoms with Crippen molar-refractivity contribution in [2.24, 2.45) is 0 Å². The Kier molecular flexibility index (Phi) is 5.66. The molecule has 1 N–H and O–H groups in total. The number of carbonyl (C=O) groups is 1. The van der Waals surface area contributed by atoms with Crippen molar-refractivity contribution in [1.82, 2.24) is 10.2 Å². The van der Waals surface area contributed by atoms with Crippen LogP contribution < -0.4 is 5.32 Å². The molecule has 5 nitrogen and oxygen atoms in total. The van der Waals surface area contributed by atoms with Crippen molar-refractivity contribution < 1.29 is 9.21 Å². The summed E-state index contributed by atoms with van der Waals surface area (Å²) in [6, 6.07) is 17.4. The van der Waals surface area contributed by atoms with Gasteiger partial charge in [0, 0.05) is 4.47 Å². The number of rotatable bonds is 6. The molecule has 3 aromatic rings. The SMILES string of the molecule is O=C(CSc1nnc(Cc2ccccc2)o1)Nc1ccccc1Br. The number of amides is 1. The topological polar surface area (TPSA) is 68.0 Å². The average Bonchev–Trinajstić information content (AvgIpc) is 3.03. The third-order valence-corrected chi connectivity index (χ3v) is 4.63. The van der Waals surface area contributed by atoms with Gasteiger partial charge in [0.05, 0.1) is 17.9 Å². The van der Waals surface area contributed by atoms with Crippen LogP contribution in [0.2, 0.25) is 0 Å². The van der Waals surface area contributed by atoms with Gasteiger partial charge in [-0.1, -0.05) is 54.2 Å². The molecule has 1 aromatic heterocycles. The summed E-state index contributed by atoms with van der Waals surface area (Å²) in [7, 11) is 0. The number of nitrogens with one attached hydrogen (secondary N) is 1. The van der Waals surface area contributed by atoms with E-state index in [1.54, 1.807) is 0 Å². The monoisotopic (exact) mass is 403 g/mol. The van der Waals surface area contributed by atoms with Gasteiger partial charge in [0.1, 0.15) is 0 Å². The summed E-state index contributed by atoms with van der Waals surface area (Å²) in [5, 5.41) is 11.2. The van der Waals surface area contributed by atoms with E-state index < -0.39 is 0 Å². The van der Waals surface area contributed by atoms with Crippen LogP contribution in [0.3, 0.4) is 0 Å². The van der Waals surface area contributed by atoms with E-state index in [9.17, 15) is 4.79 Å². The lowest BCUT2D eigenvalue weighted by Gasteiger charge is -2.05. The Morgan fingerprint density at radius 2 is 1.83 bits per heavy atom. The molecule has 0 spiro atoms. The molecule has 24 heavy (non-hydrogen) atoms. The van der Waals surface area contributed by atoms with E-state index >= 15 is 0 Å². The predicted molar refractivity (Wildman–Crippen MR) is 97.0 cm³/mol. The van der Waals surface area contributed by atoms with Crippen LogP contribution in [0.1, 0.15) is 11.5 Å². The first kappa shape index (κ1) is 16.7. The number of thioether (sulfide) groups is 1. The fourth-order valence-electron chi connectivity index (χ4n) is 2.01. The second-order valence-corrected chi connectivity index (χ2v) is 6.72. The maximum Gasteiger partial charge on any atom is 0.277 e. The highest BCUT2D eigenvalue weighted by Gasteiger charge is 2.11. The predicted octanol–water partition coefficient (Wildman–Crippen LogP) is 4.15. The minimum absolute atomic E-state index is 0.130. The number of benzene rings is 2. The standard InChI is InChI=1S/C17H14BrN3O2S/c18-13-8-4-5-9-14(13)19-15(22)11-24-17-21-20-16(23-17)10-12-6-2-1-3-7-12/h1-9H,10-11H2,(H,19,22). The Labute approximate surface area is 152 Å². The highest BCUT2D eigenvalue weighted by molar-refractivity contribution is 9.10. The zero-order valence-electron chi connectivity index (χ0n) is 12.6. The molecular formula is C17H14BrN3O2S. The molecule has 0 aliphatic rings. The number of carbonyl (C=O) groups excluding carboxylic acids is 1. The van der Waals surface area contributed by atoms with Crippen LogP contribution >= 0.6 is 27.7 Å². The quantitative estimate of drug-likeness (QED) is 0.625. The highest BCUT2D eigenvalue weighted by atomic mass is 79.9. The summed E-state index contributed by atoms with van der Waals surface area (Å²) < 4.78 is 6.40. The number of hydrogen-bond donors (Lipinski definition) is 1. The van der Waals surface area contributed by atoms with Crippen LogP contribution in [-0.4, -0.2) is 21.9 Å². The number of para-hydroxylation sites is 1. The van der Waals surface area contributed by atoms with E-state index in [-0.39, 0.29) is 11.7 Å². The molecule has 0 saturated carbocycles. The van der Waals surface area contributed by atoms with Gasteiger partial charge in [-0.3, -0.25) is 4.79 Å². The summed E-state index contributed by atoms with van der Waals surface area (Å²) >= 11 is 4.61. The van der Waals surface area contributed by atoms with Gasteiger partial charge in [0.2, 0.25) is 11.8 Å². The second-order valence-electron chi connectivity index (χ2n) is 4.94. The number of anilines is 1. The van der Waals surface area contributed by atoms with Crippen molar-refractivity contribution in [1.29, 1.82) is 0 Å². The van der Waals surface area contributed by atoms with Crippen LogP contribution in [0.5, 0.6) is 0 Å². The lowest BCUT2D eigenvalue weighted by molar-refractivity contribution is -0.113. The molecule has 0 fully saturated rings. The average molecular weight is 404 g/mol. The first-order valence-electron chi connectivity index (χ1n) is 7.24. The van der Waals surface area contributed by atoms with E-state index in [1.165, 1.54) is 11.8 Å². The Morgan fingerprint density at radius 3 is 2.62 bits per heavy atom. The van der Waals surface area contributed by atoms with Crippen LogP contribution in [-0.2, 0) is 11.2 Å². The minimum Gasteiger partial charge on any atom is -0.416 e. The lowest BCUT2D eigenvalue weighted by Crippen LogP contribution is -2.14. The molecule has 2 aromatic carbocycles. The maximum absolute atomic E-state index is 12.0. The van der Waals surface area contributed by atoms with Crippen LogP contribution in [0.4, 0.5) is 5.69 Å². The summed E-state index contributed by atoms with van der Waals surface area (Å²) in [5.74, 6) is 0.610. The first-order valence-corrected chi connectivity index (χ1v) is 9.02. The Hall–Kier alpha value is -2.12. The smallest absolute Gasteiger partial charge is 0.277 e. The van der Waals surface area contributed by atoms with Gasteiger partial charge >= 0.3 is 0 Å². The van der Waals surface area contributed by atoms with Crippen molar-refractivity contribution in [3.8, 4) is 0 Å². The fourth-order valence-corrected chi connectivity index (χ4v) is 2.98. The van der Waals surface area contributed by atoms with Gasteiger partial charge in [0.25, 0.3) is 5.22 Å². The third kappa shape index (κ3) is 4.69. The van der Waals surface area contributed by atoms with Gasteiger partial charge in [-0.2, -0.15) is 0 Å². The Morgan fingerprint density at radius 1 is 1.08 bits per heavy atom. The summed E-state index contributed by atoms with van der Waals surface area (Å²) in [4.78, 5) is 12.0. The number of hydrogen-bond acceptors (Lipinski definition) is 5. The summed E-state index contributed by atoms with van der Waals surface area (Å²) in [6.07, 6.45) is 0.581. The van der Waals surface area contributed by atoms with Crippen molar-refractivity contribution in [2.45, 2.75) is 11.6 Å². The van der Waals surface area contributed by atoms with Gasteiger partial charge in [0.15, 0.2) is 0 Å². The van der Waals surface area contributed by atoms with Crippen molar-refractivity contribution in [2.75, 3.05) is 11.1 Å². The molecule has 7 heteroatoms. The van der Waals surface area contributed by atoms with E-state index in [2.05, 4.69) is 31.4 Å². The van der Waals surface area contributed by atoms with Gasteiger partial charge in [-0.05, 0) is 33.6 Å². The van der Waals surface area contributed by atoms with Crippen LogP contribution in [0.25, 0.3) is 0 Å². The minimum atomic E-state index is -0.130. The molecule has 3 rings (SSSR count). The third-order valence-electron chi connectivity index (χ3n) is 3.12. The zero-order chi connectivity index (χ0) is 16.8. The maximum atomic E-state index is 12.0. The fraction of sp³-hybridized carbons (Fsp3) is 0.118. The lowest BCUT2D eigenvalue weighted by atomic mass is 10.2. The van der Waals surface area contributed by atoms with Crippen LogP contribution in [0, 0.1) is 0 Å². The Balaban J connectivity index is 1.52. The van der Waals surface area contributed by atoms with Crippen molar-refractivity contribution in [3.63, 3.8) is 0 Å². The molecular weight excluding hydrogens is 390 g/mol. The first-order chi connectivity index (χ1) is 11.7. The van der Waals surface area contributed by atoms with Crippen LogP contribution in [0.15, 0.2) is 68.7 Å². The van der Waals surface area contributed by atoms with E-state index in [1.807, 2.05) is 54.6 Å². The number of halogens is 1. The molecule has 0 radical (unpaired) electrons. The van der Waals surface area contributed by atoms with Gasteiger partial charge in [-0.25, -0.2) is 0 Å². The molecule has 0 aliphatic heterocycles. The van der Waals surface area contributed by atoms with Crippen molar-refractivity contribution in [3.05, 3.63) is 70.5 Å². The number of aromatic nitrogens is 2. The molecule has 1 amide bonds. The largest absolute Gasteiger partial charge is 0.416 e. The normalized spacial score (nSPS) is 10.5. The molecule has 122 valence electrons. The van der Waals surface area contributed by atoms with Gasteiger partial charge in [-0.15, -0.1) is 10.2 Å².